The minimum Gasteiger partial charge on any atom is -0.361 e. The minimum absolute atomic E-state index is 0.00145. The van der Waals surface area contributed by atoms with Crippen molar-refractivity contribution in [1.29, 1.82) is 0 Å². The Morgan fingerprint density at radius 1 is 1.32 bits per heavy atom. The maximum atomic E-state index is 12.7. The van der Waals surface area contributed by atoms with Crippen LogP contribution in [0.4, 0.5) is 0 Å². The molecule has 116 valence electrons. The van der Waals surface area contributed by atoms with Crippen LogP contribution in [0.1, 0.15) is 52.0 Å². The molecule has 1 fully saturated rings. The fraction of sp³-hybridized carbons (Fsp3) is 0.500. The highest BCUT2D eigenvalue weighted by Crippen LogP contribution is 2.27. The first-order valence-corrected chi connectivity index (χ1v) is 7.57. The smallest absolute Gasteiger partial charge is 0.259 e. The Hall–Kier alpha value is -2.24. The molecule has 2 aromatic rings. The van der Waals surface area contributed by atoms with Crippen molar-refractivity contribution in [3.05, 3.63) is 40.8 Å². The summed E-state index contributed by atoms with van der Waals surface area (Å²) in [6.45, 7) is 6.95. The van der Waals surface area contributed by atoms with E-state index >= 15 is 0 Å². The molecule has 0 N–H and O–H groups in total. The Bertz CT molecular complexity index is 676. The molecule has 2 aromatic heterocycles. The number of aromatic nitrogens is 3. The van der Waals surface area contributed by atoms with Crippen molar-refractivity contribution in [2.75, 3.05) is 13.1 Å². The van der Waals surface area contributed by atoms with Gasteiger partial charge in [-0.25, -0.2) is 0 Å². The summed E-state index contributed by atoms with van der Waals surface area (Å²) in [6, 6.07) is 0. The first-order valence-electron chi connectivity index (χ1n) is 7.57. The van der Waals surface area contributed by atoms with Gasteiger partial charge in [0.2, 0.25) is 0 Å². The fourth-order valence-electron chi connectivity index (χ4n) is 3.03. The predicted molar refractivity (Wildman–Crippen MR) is 80.6 cm³/mol. The van der Waals surface area contributed by atoms with E-state index in [0.717, 1.165) is 30.8 Å². The van der Waals surface area contributed by atoms with Crippen LogP contribution in [0.3, 0.4) is 0 Å². The van der Waals surface area contributed by atoms with Gasteiger partial charge in [-0.15, -0.1) is 0 Å². The lowest BCUT2D eigenvalue weighted by molar-refractivity contribution is 0.0703. The summed E-state index contributed by atoms with van der Waals surface area (Å²) in [5, 5.41) is 3.88. The molecule has 22 heavy (non-hydrogen) atoms. The average molecular weight is 300 g/mol. The van der Waals surface area contributed by atoms with Gasteiger partial charge in [-0.2, -0.15) is 0 Å². The van der Waals surface area contributed by atoms with E-state index in [0.29, 0.717) is 23.6 Å². The zero-order chi connectivity index (χ0) is 15.7. The standard InChI is InChI=1S/C16H20N4O2/c1-10-7-17-8-14(18-10)13-5-4-6-20(9-13)16(21)15-11(2)19-22-12(15)3/h7-8,13H,4-6,9H2,1-3H3. The van der Waals surface area contributed by atoms with Gasteiger partial charge in [-0.3, -0.25) is 14.8 Å². The number of carbonyl (C=O) groups excluding carboxylic acids is 1. The number of aryl methyl sites for hydroxylation is 3. The normalized spacial score (nSPS) is 18.5. The van der Waals surface area contributed by atoms with Gasteiger partial charge < -0.3 is 9.42 Å². The lowest BCUT2D eigenvalue weighted by Crippen LogP contribution is -2.39. The lowest BCUT2D eigenvalue weighted by Gasteiger charge is -2.32. The molecule has 6 nitrogen and oxygen atoms in total. The molecule has 0 aliphatic carbocycles. The number of amides is 1. The first-order chi connectivity index (χ1) is 10.6. The molecule has 1 unspecified atom stereocenters. The van der Waals surface area contributed by atoms with Crippen molar-refractivity contribution in [3.63, 3.8) is 0 Å². The maximum Gasteiger partial charge on any atom is 0.259 e. The monoisotopic (exact) mass is 300 g/mol. The summed E-state index contributed by atoms with van der Waals surface area (Å²) in [7, 11) is 0. The van der Waals surface area contributed by atoms with E-state index in [-0.39, 0.29) is 11.8 Å². The lowest BCUT2D eigenvalue weighted by atomic mass is 9.94. The number of hydrogen-bond acceptors (Lipinski definition) is 5. The van der Waals surface area contributed by atoms with E-state index < -0.39 is 0 Å². The van der Waals surface area contributed by atoms with Gasteiger partial charge >= 0.3 is 0 Å². The topological polar surface area (TPSA) is 72.1 Å². The Labute approximate surface area is 129 Å². The van der Waals surface area contributed by atoms with Crippen LogP contribution < -0.4 is 0 Å². The zero-order valence-corrected chi connectivity index (χ0v) is 13.2. The molecule has 3 rings (SSSR count). The van der Waals surface area contributed by atoms with Crippen molar-refractivity contribution in [3.8, 4) is 0 Å². The van der Waals surface area contributed by atoms with Crippen LogP contribution >= 0.6 is 0 Å². The molecule has 0 radical (unpaired) electrons. The van der Waals surface area contributed by atoms with E-state index in [4.69, 9.17) is 4.52 Å². The second kappa shape index (κ2) is 5.87. The SMILES string of the molecule is Cc1cncc(C2CCCN(C(=O)c3c(C)noc3C)C2)n1. The van der Waals surface area contributed by atoms with Crippen LogP contribution in [0.5, 0.6) is 0 Å². The Kier molecular flexibility index (Phi) is 3.92. The van der Waals surface area contributed by atoms with Gasteiger partial charge in [0.05, 0.1) is 17.1 Å². The molecular weight excluding hydrogens is 280 g/mol. The van der Waals surface area contributed by atoms with E-state index in [1.54, 1.807) is 20.0 Å². The summed E-state index contributed by atoms with van der Waals surface area (Å²) >= 11 is 0. The van der Waals surface area contributed by atoms with Gasteiger partial charge in [0.25, 0.3) is 5.91 Å². The Morgan fingerprint density at radius 2 is 2.14 bits per heavy atom. The average Bonchev–Trinajstić information content (AvgIpc) is 2.86. The number of carbonyl (C=O) groups is 1. The number of likely N-dealkylation sites (tertiary alicyclic amines) is 1. The minimum atomic E-state index is 0.00145. The number of nitrogens with zero attached hydrogens (tertiary/aromatic N) is 4. The Morgan fingerprint density at radius 3 is 2.82 bits per heavy atom. The quantitative estimate of drug-likeness (QED) is 0.851. The summed E-state index contributed by atoms with van der Waals surface area (Å²) in [5.41, 5.74) is 3.12. The van der Waals surface area contributed by atoms with Crippen LogP contribution in [-0.4, -0.2) is 39.0 Å². The number of hydrogen-bond donors (Lipinski definition) is 0. The summed E-state index contributed by atoms with van der Waals surface area (Å²) in [4.78, 5) is 23.4. The summed E-state index contributed by atoms with van der Waals surface area (Å²) in [5.74, 6) is 0.826. The highest BCUT2D eigenvalue weighted by molar-refractivity contribution is 5.96. The molecule has 0 bridgehead atoms. The van der Waals surface area contributed by atoms with Gasteiger partial charge in [0.15, 0.2) is 0 Å². The molecule has 1 aliphatic rings. The molecule has 0 saturated carbocycles. The highest BCUT2D eigenvalue weighted by atomic mass is 16.5. The van der Waals surface area contributed by atoms with Gasteiger partial charge in [-0.05, 0) is 33.6 Å². The zero-order valence-electron chi connectivity index (χ0n) is 13.2. The Balaban J connectivity index is 1.80. The maximum absolute atomic E-state index is 12.7. The van der Waals surface area contributed by atoms with Crippen molar-refractivity contribution < 1.29 is 9.32 Å². The largest absolute Gasteiger partial charge is 0.361 e. The third-order valence-corrected chi connectivity index (χ3v) is 4.15. The van der Waals surface area contributed by atoms with Gasteiger partial charge in [0.1, 0.15) is 11.3 Å². The van der Waals surface area contributed by atoms with Crippen LogP contribution in [0.25, 0.3) is 0 Å². The van der Waals surface area contributed by atoms with Crippen LogP contribution in [0.15, 0.2) is 16.9 Å². The molecule has 0 spiro atoms. The predicted octanol–water partition coefficient (Wildman–Crippen LogP) is 2.41. The van der Waals surface area contributed by atoms with Crippen LogP contribution in [-0.2, 0) is 0 Å². The number of piperidine rings is 1. The molecule has 1 aliphatic heterocycles. The molecule has 1 saturated heterocycles. The fourth-order valence-corrected chi connectivity index (χ4v) is 3.03. The molecule has 3 heterocycles. The second-order valence-electron chi connectivity index (χ2n) is 5.87. The molecule has 0 aromatic carbocycles. The second-order valence-corrected chi connectivity index (χ2v) is 5.87. The van der Waals surface area contributed by atoms with Gasteiger partial charge in [0, 0.05) is 31.4 Å². The molecule has 1 amide bonds. The third-order valence-electron chi connectivity index (χ3n) is 4.15. The summed E-state index contributed by atoms with van der Waals surface area (Å²) < 4.78 is 5.11. The highest BCUT2D eigenvalue weighted by Gasteiger charge is 2.29. The molecular formula is C16H20N4O2. The van der Waals surface area contributed by atoms with E-state index in [1.165, 1.54) is 0 Å². The van der Waals surface area contributed by atoms with E-state index in [9.17, 15) is 4.79 Å². The van der Waals surface area contributed by atoms with Crippen LogP contribution in [0.2, 0.25) is 0 Å². The van der Waals surface area contributed by atoms with Crippen molar-refractivity contribution in [1.82, 2.24) is 20.0 Å². The summed E-state index contributed by atoms with van der Waals surface area (Å²) in [6.07, 6.45) is 5.56. The van der Waals surface area contributed by atoms with Crippen molar-refractivity contribution >= 4 is 5.91 Å². The number of rotatable bonds is 2. The van der Waals surface area contributed by atoms with E-state index in [1.807, 2.05) is 18.0 Å². The van der Waals surface area contributed by atoms with Crippen molar-refractivity contribution in [2.45, 2.75) is 39.5 Å². The van der Waals surface area contributed by atoms with Gasteiger partial charge in [-0.1, -0.05) is 5.16 Å². The first kappa shape index (κ1) is 14.7. The third kappa shape index (κ3) is 2.73. The molecule has 1 atom stereocenters. The van der Waals surface area contributed by atoms with Crippen molar-refractivity contribution in [2.24, 2.45) is 0 Å². The van der Waals surface area contributed by atoms with Crippen LogP contribution in [0, 0.1) is 20.8 Å². The molecule has 6 heteroatoms. The van der Waals surface area contributed by atoms with E-state index in [2.05, 4.69) is 15.1 Å².